The zero-order valence-corrected chi connectivity index (χ0v) is 10.1. The molecule has 0 amide bonds. The summed E-state index contributed by atoms with van der Waals surface area (Å²) in [5.74, 6) is 2.64. The molecule has 0 rings (SSSR count). The van der Waals surface area contributed by atoms with Crippen LogP contribution in [0.5, 0.6) is 0 Å². The molecule has 0 heterocycles. The zero-order chi connectivity index (χ0) is 10.3. The van der Waals surface area contributed by atoms with Gasteiger partial charge < -0.3 is 5.11 Å². The van der Waals surface area contributed by atoms with Crippen molar-refractivity contribution in [1.82, 2.24) is 0 Å². The standard InChI is InChI=1S/C9H18O2S2/c1-4-12-5-6-13-8(7(2)3)9(10)11/h7-8H,4-6H2,1-3H3,(H,10,11). The first kappa shape index (κ1) is 13.2. The summed E-state index contributed by atoms with van der Waals surface area (Å²) in [5, 5.41) is 8.63. The highest BCUT2D eigenvalue weighted by Gasteiger charge is 2.21. The molecule has 0 aliphatic rings. The van der Waals surface area contributed by atoms with Gasteiger partial charge in [-0.25, -0.2) is 0 Å². The van der Waals surface area contributed by atoms with Gasteiger partial charge in [0, 0.05) is 11.5 Å². The molecule has 0 aromatic carbocycles. The summed E-state index contributed by atoms with van der Waals surface area (Å²) >= 11 is 3.42. The minimum Gasteiger partial charge on any atom is -0.480 e. The highest BCUT2D eigenvalue weighted by atomic mass is 32.2. The number of hydrogen-bond donors (Lipinski definition) is 1. The van der Waals surface area contributed by atoms with Crippen molar-refractivity contribution in [2.45, 2.75) is 26.0 Å². The molecule has 0 fully saturated rings. The van der Waals surface area contributed by atoms with Gasteiger partial charge in [0.25, 0.3) is 0 Å². The quantitative estimate of drug-likeness (QED) is 0.672. The highest BCUT2D eigenvalue weighted by molar-refractivity contribution is 8.03. The van der Waals surface area contributed by atoms with Crippen molar-refractivity contribution in [2.75, 3.05) is 17.3 Å². The number of hydrogen-bond acceptors (Lipinski definition) is 3. The van der Waals surface area contributed by atoms with Gasteiger partial charge in [0.1, 0.15) is 5.25 Å². The van der Waals surface area contributed by atoms with Crippen LogP contribution in [0.2, 0.25) is 0 Å². The largest absolute Gasteiger partial charge is 0.480 e. The van der Waals surface area contributed by atoms with E-state index in [0.717, 1.165) is 17.3 Å². The van der Waals surface area contributed by atoms with Crippen LogP contribution < -0.4 is 0 Å². The molecule has 0 aliphatic heterocycles. The maximum Gasteiger partial charge on any atom is 0.316 e. The van der Waals surface area contributed by atoms with Crippen LogP contribution in [0.15, 0.2) is 0 Å². The Hall–Kier alpha value is 0.170. The van der Waals surface area contributed by atoms with E-state index in [2.05, 4.69) is 6.92 Å². The number of rotatable bonds is 7. The summed E-state index contributed by atoms with van der Waals surface area (Å²) in [4.78, 5) is 10.8. The lowest BCUT2D eigenvalue weighted by molar-refractivity contribution is -0.137. The first-order valence-electron chi connectivity index (χ1n) is 4.51. The van der Waals surface area contributed by atoms with E-state index in [1.54, 1.807) is 11.8 Å². The average molecular weight is 222 g/mol. The van der Waals surface area contributed by atoms with Gasteiger partial charge in [-0.2, -0.15) is 11.8 Å². The summed E-state index contributed by atoms with van der Waals surface area (Å²) < 4.78 is 0. The summed E-state index contributed by atoms with van der Waals surface area (Å²) in [6.45, 7) is 6.03. The second kappa shape index (κ2) is 7.56. The lowest BCUT2D eigenvalue weighted by atomic mass is 10.1. The summed E-state index contributed by atoms with van der Waals surface area (Å²) in [7, 11) is 0. The van der Waals surface area contributed by atoms with E-state index in [0.29, 0.717) is 0 Å². The number of carboxylic acid groups (broad SMARTS) is 1. The number of carbonyl (C=O) groups is 1. The van der Waals surface area contributed by atoms with E-state index >= 15 is 0 Å². The summed E-state index contributed by atoms with van der Waals surface area (Å²) in [5.41, 5.74) is 0. The monoisotopic (exact) mass is 222 g/mol. The van der Waals surface area contributed by atoms with E-state index in [4.69, 9.17) is 5.11 Å². The zero-order valence-electron chi connectivity index (χ0n) is 8.45. The first-order valence-corrected chi connectivity index (χ1v) is 6.72. The first-order chi connectivity index (χ1) is 6.09. The fourth-order valence-electron chi connectivity index (χ4n) is 0.927. The lowest BCUT2D eigenvalue weighted by Crippen LogP contribution is -2.23. The van der Waals surface area contributed by atoms with Crippen molar-refractivity contribution in [3.8, 4) is 0 Å². The van der Waals surface area contributed by atoms with Gasteiger partial charge in [-0.15, -0.1) is 11.8 Å². The molecular weight excluding hydrogens is 204 g/mol. The van der Waals surface area contributed by atoms with Crippen molar-refractivity contribution in [3.05, 3.63) is 0 Å². The van der Waals surface area contributed by atoms with Crippen LogP contribution in [0, 0.1) is 5.92 Å². The Bertz CT molecular complexity index is 149. The molecule has 0 saturated heterocycles. The molecule has 0 aromatic heterocycles. The highest BCUT2D eigenvalue weighted by Crippen LogP contribution is 2.20. The molecule has 0 bridgehead atoms. The minimum atomic E-state index is -0.679. The molecule has 78 valence electrons. The Balaban J connectivity index is 3.64. The third-order valence-corrected chi connectivity index (χ3v) is 4.28. The van der Waals surface area contributed by atoms with Gasteiger partial charge >= 0.3 is 5.97 Å². The molecule has 0 aliphatic carbocycles. The number of carboxylic acids is 1. The van der Waals surface area contributed by atoms with Crippen molar-refractivity contribution in [1.29, 1.82) is 0 Å². The summed E-state index contributed by atoms with van der Waals surface area (Å²) in [6.07, 6.45) is 0. The molecule has 13 heavy (non-hydrogen) atoms. The van der Waals surface area contributed by atoms with Crippen LogP contribution in [-0.4, -0.2) is 33.6 Å². The number of thioether (sulfide) groups is 2. The van der Waals surface area contributed by atoms with Crippen LogP contribution in [0.3, 0.4) is 0 Å². The molecular formula is C9H18O2S2. The van der Waals surface area contributed by atoms with Crippen LogP contribution >= 0.6 is 23.5 Å². The van der Waals surface area contributed by atoms with Gasteiger partial charge in [-0.05, 0) is 11.7 Å². The van der Waals surface area contributed by atoms with E-state index in [-0.39, 0.29) is 11.2 Å². The van der Waals surface area contributed by atoms with Crippen LogP contribution in [-0.2, 0) is 4.79 Å². The SMILES string of the molecule is CCSCCSC(C(=O)O)C(C)C. The molecule has 1 N–H and O–H groups in total. The average Bonchev–Trinajstić information content (AvgIpc) is 2.02. The maximum absolute atomic E-state index is 10.8. The minimum absolute atomic E-state index is 0.217. The van der Waals surface area contributed by atoms with Crippen molar-refractivity contribution < 1.29 is 9.90 Å². The Labute approximate surface area is 88.9 Å². The van der Waals surface area contributed by atoms with Crippen LogP contribution in [0.4, 0.5) is 0 Å². The van der Waals surface area contributed by atoms with Gasteiger partial charge in [0.15, 0.2) is 0 Å². The second-order valence-corrected chi connectivity index (χ2v) is 5.71. The van der Waals surface area contributed by atoms with Crippen LogP contribution in [0.1, 0.15) is 20.8 Å². The molecule has 0 aromatic rings. The predicted octanol–water partition coefficient (Wildman–Crippen LogP) is 2.58. The third kappa shape index (κ3) is 6.27. The van der Waals surface area contributed by atoms with Gasteiger partial charge in [0.2, 0.25) is 0 Å². The maximum atomic E-state index is 10.8. The molecule has 4 heteroatoms. The molecule has 0 saturated carbocycles. The fraction of sp³-hybridized carbons (Fsp3) is 0.889. The van der Waals surface area contributed by atoms with E-state index in [9.17, 15) is 4.79 Å². The Morgan fingerprint density at radius 2 is 2.00 bits per heavy atom. The summed E-state index contributed by atoms with van der Waals surface area (Å²) in [6, 6.07) is 0. The topological polar surface area (TPSA) is 37.3 Å². The Kier molecular flexibility index (Phi) is 7.66. The Morgan fingerprint density at radius 1 is 1.38 bits per heavy atom. The molecule has 0 radical (unpaired) electrons. The lowest BCUT2D eigenvalue weighted by Gasteiger charge is -2.14. The third-order valence-electron chi connectivity index (χ3n) is 1.58. The van der Waals surface area contributed by atoms with Crippen molar-refractivity contribution in [3.63, 3.8) is 0 Å². The van der Waals surface area contributed by atoms with E-state index in [1.807, 2.05) is 25.6 Å². The predicted molar refractivity (Wildman–Crippen MR) is 61.7 cm³/mol. The molecule has 0 spiro atoms. The van der Waals surface area contributed by atoms with Crippen molar-refractivity contribution in [2.24, 2.45) is 5.92 Å². The normalized spacial score (nSPS) is 13.2. The van der Waals surface area contributed by atoms with Crippen LogP contribution in [0.25, 0.3) is 0 Å². The fourth-order valence-corrected chi connectivity index (χ4v) is 2.85. The van der Waals surface area contributed by atoms with Gasteiger partial charge in [-0.1, -0.05) is 20.8 Å². The Morgan fingerprint density at radius 3 is 2.38 bits per heavy atom. The van der Waals surface area contributed by atoms with Gasteiger partial charge in [0.05, 0.1) is 0 Å². The van der Waals surface area contributed by atoms with E-state index < -0.39 is 5.97 Å². The number of aliphatic carboxylic acids is 1. The van der Waals surface area contributed by atoms with Crippen molar-refractivity contribution >= 4 is 29.5 Å². The molecule has 2 nitrogen and oxygen atoms in total. The molecule has 1 atom stereocenters. The smallest absolute Gasteiger partial charge is 0.316 e. The van der Waals surface area contributed by atoms with E-state index in [1.165, 1.54) is 0 Å². The van der Waals surface area contributed by atoms with Gasteiger partial charge in [-0.3, -0.25) is 4.79 Å². The molecule has 1 unspecified atom stereocenters. The second-order valence-electron chi connectivity index (χ2n) is 3.07.